The number of benzene rings is 1. The van der Waals surface area contributed by atoms with Crippen LogP contribution in [0.25, 0.3) is 0 Å². The largest absolute Gasteiger partial charge is 0.345 e. The molecule has 0 aliphatic heterocycles. The SMILES string of the molecule is CN(C)C(=O)c1ccc(NC(=O)C2(N)CC2)cc1Cl. The van der Waals surface area contributed by atoms with E-state index < -0.39 is 5.54 Å². The van der Waals surface area contributed by atoms with Crippen molar-refractivity contribution in [1.29, 1.82) is 0 Å². The van der Waals surface area contributed by atoms with E-state index in [0.717, 1.165) is 0 Å². The molecule has 0 radical (unpaired) electrons. The van der Waals surface area contributed by atoms with Crippen molar-refractivity contribution in [2.45, 2.75) is 18.4 Å². The summed E-state index contributed by atoms with van der Waals surface area (Å²) in [4.78, 5) is 25.0. The molecular formula is C13H16ClN3O2. The Labute approximate surface area is 116 Å². The molecule has 0 atom stereocenters. The van der Waals surface area contributed by atoms with Crippen LogP contribution in [0, 0.1) is 0 Å². The van der Waals surface area contributed by atoms with E-state index in [9.17, 15) is 9.59 Å². The summed E-state index contributed by atoms with van der Waals surface area (Å²) in [6.45, 7) is 0. The number of rotatable bonds is 3. The van der Waals surface area contributed by atoms with Gasteiger partial charge in [-0.15, -0.1) is 0 Å². The van der Waals surface area contributed by atoms with E-state index in [1.54, 1.807) is 32.3 Å². The molecule has 0 aromatic heterocycles. The van der Waals surface area contributed by atoms with Crippen LogP contribution >= 0.6 is 11.6 Å². The molecule has 6 heteroatoms. The van der Waals surface area contributed by atoms with Gasteiger partial charge in [0.15, 0.2) is 0 Å². The van der Waals surface area contributed by atoms with E-state index in [1.807, 2.05) is 0 Å². The van der Waals surface area contributed by atoms with Gasteiger partial charge in [-0.3, -0.25) is 9.59 Å². The van der Waals surface area contributed by atoms with Gasteiger partial charge in [-0.1, -0.05) is 11.6 Å². The number of nitrogens with two attached hydrogens (primary N) is 1. The fourth-order valence-corrected chi connectivity index (χ4v) is 1.89. The number of halogens is 1. The average molecular weight is 282 g/mol. The summed E-state index contributed by atoms with van der Waals surface area (Å²) in [5.74, 6) is -0.393. The van der Waals surface area contributed by atoms with Crippen molar-refractivity contribution in [3.05, 3.63) is 28.8 Å². The van der Waals surface area contributed by atoms with Gasteiger partial charge < -0.3 is 16.0 Å². The van der Waals surface area contributed by atoms with E-state index >= 15 is 0 Å². The molecule has 0 spiro atoms. The highest BCUT2D eigenvalue weighted by molar-refractivity contribution is 6.34. The second kappa shape index (κ2) is 4.83. The van der Waals surface area contributed by atoms with Gasteiger partial charge in [0.05, 0.1) is 16.1 Å². The highest BCUT2D eigenvalue weighted by atomic mass is 35.5. The monoisotopic (exact) mass is 281 g/mol. The Morgan fingerprint density at radius 1 is 1.37 bits per heavy atom. The van der Waals surface area contributed by atoms with E-state index in [1.165, 1.54) is 4.90 Å². The van der Waals surface area contributed by atoms with Crippen LogP contribution in [0.1, 0.15) is 23.2 Å². The fourth-order valence-electron chi connectivity index (χ4n) is 1.62. The molecule has 1 saturated carbocycles. The van der Waals surface area contributed by atoms with Gasteiger partial charge in [-0.05, 0) is 31.0 Å². The topological polar surface area (TPSA) is 75.4 Å². The van der Waals surface area contributed by atoms with Gasteiger partial charge in [0.25, 0.3) is 5.91 Å². The predicted molar refractivity (Wildman–Crippen MR) is 74.3 cm³/mol. The summed E-state index contributed by atoms with van der Waals surface area (Å²) in [5.41, 5.74) is 6.00. The fraction of sp³-hybridized carbons (Fsp3) is 0.385. The number of anilines is 1. The molecule has 0 saturated heterocycles. The maximum absolute atomic E-state index is 11.8. The first-order valence-electron chi connectivity index (χ1n) is 5.95. The number of hydrogen-bond donors (Lipinski definition) is 2. The average Bonchev–Trinajstić information content (AvgIpc) is 3.08. The number of amides is 2. The van der Waals surface area contributed by atoms with Crippen LogP contribution in [0.3, 0.4) is 0 Å². The summed E-state index contributed by atoms with van der Waals surface area (Å²) in [7, 11) is 3.30. The number of nitrogens with one attached hydrogen (secondary N) is 1. The standard InChI is InChI=1S/C13H16ClN3O2/c1-17(2)11(18)9-4-3-8(7-10(9)14)16-12(19)13(15)5-6-13/h3-4,7H,5-6,15H2,1-2H3,(H,16,19). The Hall–Kier alpha value is -1.59. The van der Waals surface area contributed by atoms with Gasteiger partial charge in [0, 0.05) is 19.8 Å². The molecule has 1 aliphatic rings. The van der Waals surface area contributed by atoms with Crippen molar-refractivity contribution < 1.29 is 9.59 Å². The normalized spacial score (nSPS) is 15.8. The van der Waals surface area contributed by atoms with E-state index in [-0.39, 0.29) is 11.8 Å². The number of nitrogens with zero attached hydrogens (tertiary/aromatic N) is 1. The molecule has 1 fully saturated rings. The Balaban J connectivity index is 2.15. The van der Waals surface area contributed by atoms with Crippen molar-refractivity contribution >= 4 is 29.1 Å². The third-order valence-electron chi connectivity index (χ3n) is 3.10. The zero-order valence-electron chi connectivity index (χ0n) is 10.9. The van der Waals surface area contributed by atoms with Crippen molar-refractivity contribution in [2.75, 3.05) is 19.4 Å². The molecule has 2 rings (SSSR count). The quantitative estimate of drug-likeness (QED) is 0.881. The van der Waals surface area contributed by atoms with Gasteiger partial charge in [-0.25, -0.2) is 0 Å². The lowest BCUT2D eigenvalue weighted by Crippen LogP contribution is -2.37. The van der Waals surface area contributed by atoms with E-state index in [0.29, 0.717) is 29.1 Å². The second-order valence-corrected chi connectivity index (χ2v) is 5.41. The lowest BCUT2D eigenvalue weighted by atomic mass is 10.1. The van der Waals surface area contributed by atoms with Crippen molar-refractivity contribution in [3.8, 4) is 0 Å². The molecule has 102 valence electrons. The third kappa shape index (κ3) is 2.88. The van der Waals surface area contributed by atoms with Crippen molar-refractivity contribution in [1.82, 2.24) is 4.90 Å². The molecular weight excluding hydrogens is 266 g/mol. The molecule has 0 bridgehead atoms. The van der Waals surface area contributed by atoms with Crippen LogP contribution in [0.15, 0.2) is 18.2 Å². The Morgan fingerprint density at radius 3 is 2.47 bits per heavy atom. The molecule has 0 unspecified atom stereocenters. The highest BCUT2D eigenvalue weighted by Crippen LogP contribution is 2.33. The first kappa shape index (κ1) is 13.8. The predicted octanol–water partition coefficient (Wildman–Crippen LogP) is 1.47. The zero-order valence-corrected chi connectivity index (χ0v) is 11.6. The first-order valence-corrected chi connectivity index (χ1v) is 6.33. The zero-order chi connectivity index (χ0) is 14.2. The van der Waals surface area contributed by atoms with E-state index in [2.05, 4.69) is 5.32 Å². The molecule has 2 amide bonds. The van der Waals surface area contributed by atoms with Crippen molar-refractivity contribution in [3.63, 3.8) is 0 Å². The molecule has 3 N–H and O–H groups in total. The van der Waals surface area contributed by atoms with Crippen LogP contribution < -0.4 is 11.1 Å². The summed E-state index contributed by atoms with van der Waals surface area (Å²) < 4.78 is 0. The molecule has 1 aromatic carbocycles. The van der Waals surface area contributed by atoms with E-state index in [4.69, 9.17) is 17.3 Å². The summed E-state index contributed by atoms with van der Waals surface area (Å²) >= 11 is 6.05. The Bertz CT molecular complexity index is 539. The van der Waals surface area contributed by atoms with Crippen molar-refractivity contribution in [2.24, 2.45) is 5.73 Å². The maximum Gasteiger partial charge on any atom is 0.254 e. The number of carbonyl (C=O) groups excluding carboxylic acids is 2. The second-order valence-electron chi connectivity index (χ2n) is 5.00. The summed E-state index contributed by atoms with van der Waals surface area (Å²) in [5, 5.41) is 3.01. The van der Waals surface area contributed by atoms with Crippen LogP contribution in [-0.2, 0) is 4.79 Å². The molecule has 5 nitrogen and oxygen atoms in total. The molecule has 0 heterocycles. The Kier molecular flexibility index (Phi) is 3.52. The highest BCUT2D eigenvalue weighted by Gasteiger charge is 2.45. The summed E-state index contributed by atoms with van der Waals surface area (Å²) in [6, 6.07) is 4.80. The van der Waals surface area contributed by atoms with Crippen LogP contribution in [0.2, 0.25) is 5.02 Å². The Morgan fingerprint density at radius 2 is 2.00 bits per heavy atom. The maximum atomic E-state index is 11.8. The smallest absolute Gasteiger partial charge is 0.254 e. The lowest BCUT2D eigenvalue weighted by molar-refractivity contribution is -0.118. The minimum absolute atomic E-state index is 0.180. The number of carbonyl (C=O) groups is 2. The molecule has 19 heavy (non-hydrogen) atoms. The summed E-state index contributed by atoms with van der Waals surface area (Å²) in [6.07, 6.45) is 1.40. The number of hydrogen-bond acceptors (Lipinski definition) is 3. The molecule has 1 aliphatic carbocycles. The van der Waals surface area contributed by atoms with Crippen LogP contribution in [-0.4, -0.2) is 36.3 Å². The van der Waals surface area contributed by atoms with Gasteiger partial charge in [0.2, 0.25) is 5.91 Å². The minimum Gasteiger partial charge on any atom is -0.345 e. The molecule has 1 aromatic rings. The third-order valence-corrected chi connectivity index (χ3v) is 3.42. The van der Waals surface area contributed by atoms with Gasteiger partial charge in [0.1, 0.15) is 0 Å². The minimum atomic E-state index is -0.732. The van der Waals surface area contributed by atoms with Crippen LogP contribution in [0.5, 0.6) is 0 Å². The first-order chi connectivity index (χ1) is 8.83. The lowest BCUT2D eigenvalue weighted by Gasteiger charge is -2.14. The van der Waals surface area contributed by atoms with Gasteiger partial charge in [-0.2, -0.15) is 0 Å². The van der Waals surface area contributed by atoms with Gasteiger partial charge >= 0.3 is 0 Å². The van der Waals surface area contributed by atoms with Crippen LogP contribution in [0.4, 0.5) is 5.69 Å².